The van der Waals surface area contributed by atoms with Gasteiger partial charge in [-0.25, -0.2) is 18.0 Å². The van der Waals surface area contributed by atoms with Crippen molar-refractivity contribution in [2.24, 2.45) is 4.99 Å². The summed E-state index contributed by atoms with van der Waals surface area (Å²) in [5, 5.41) is 2.81. The number of anilines is 1. The number of benzene rings is 2. The number of halogens is 3. The maximum Gasteiger partial charge on any atom is 0.328 e. The van der Waals surface area contributed by atoms with Gasteiger partial charge in [-0.15, -0.1) is 0 Å². The summed E-state index contributed by atoms with van der Waals surface area (Å²) in [6.07, 6.45) is 5.30. The SMILES string of the molecule is O=C(c1ccccc1F)N1CCC2(C1)C(=NC1CCCCC1)NC(=O)N2c1cc(F)cc(F)c1. The first-order valence-electron chi connectivity index (χ1n) is 11.6. The Bertz CT molecular complexity index is 1140. The lowest BCUT2D eigenvalue weighted by molar-refractivity contribution is 0.0783. The number of nitrogens with one attached hydrogen (secondary N) is 1. The van der Waals surface area contributed by atoms with Crippen LogP contribution in [-0.2, 0) is 0 Å². The van der Waals surface area contributed by atoms with E-state index < -0.39 is 34.9 Å². The van der Waals surface area contributed by atoms with Gasteiger partial charge in [0.25, 0.3) is 5.91 Å². The second-order valence-electron chi connectivity index (χ2n) is 9.15. The second kappa shape index (κ2) is 8.77. The fraction of sp³-hybridized carbons (Fsp3) is 0.400. The molecule has 6 nitrogen and oxygen atoms in total. The molecular formula is C25H25F3N4O2. The van der Waals surface area contributed by atoms with Crippen LogP contribution in [0.2, 0.25) is 0 Å². The van der Waals surface area contributed by atoms with Crippen molar-refractivity contribution in [1.82, 2.24) is 10.2 Å². The Labute approximate surface area is 195 Å². The first-order valence-corrected chi connectivity index (χ1v) is 11.6. The zero-order valence-corrected chi connectivity index (χ0v) is 18.6. The van der Waals surface area contributed by atoms with Crippen molar-refractivity contribution in [3.8, 4) is 0 Å². The molecule has 2 saturated heterocycles. The van der Waals surface area contributed by atoms with Gasteiger partial charge in [-0.05, 0) is 43.5 Å². The lowest BCUT2D eigenvalue weighted by Crippen LogP contribution is -2.53. The van der Waals surface area contributed by atoms with E-state index in [0.29, 0.717) is 12.3 Å². The molecule has 3 amide bonds. The quantitative estimate of drug-likeness (QED) is 0.710. The van der Waals surface area contributed by atoms with Gasteiger partial charge >= 0.3 is 6.03 Å². The zero-order valence-electron chi connectivity index (χ0n) is 18.6. The number of rotatable bonds is 3. The molecule has 3 aliphatic rings. The summed E-state index contributed by atoms with van der Waals surface area (Å²) in [6.45, 7) is 0.267. The van der Waals surface area contributed by atoms with Gasteiger partial charge < -0.3 is 4.90 Å². The van der Waals surface area contributed by atoms with Crippen LogP contribution in [0.1, 0.15) is 48.9 Å². The third-order valence-electron chi connectivity index (χ3n) is 6.93. The normalized spacial score (nSPS) is 24.3. The van der Waals surface area contributed by atoms with Gasteiger partial charge in [0.2, 0.25) is 0 Å². The Morgan fingerprint density at radius 2 is 1.74 bits per heavy atom. The van der Waals surface area contributed by atoms with E-state index in [9.17, 15) is 22.8 Å². The molecule has 0 bridgehead atoms. The molecule has 0 aromatic heterocycles. The number of urea groups is 1. The number of aliphatic imine (C=N–C) groups is 1. The average Bonchev–Trinajstić information content (AvgIpc) is 3.35. The van der Waals surface area contributed by atoms with Crippen LogP contribution in [0.5, 0.6) is 0 Å². The van der Waals surface area contributed by atoms with E-state index in [0.717, 1.165) is 50.3 Å². The molecule has 5 rings (SSSR count). The minimum atomic E-state index is -1.12. The summed E-state index contributed by atoms with van der Waals surface area (Å²) in [5.41, 5.74) is -1.13. The Balaban J connectivity index is 1.55. The molecule has 0 radical (unpaired) electrons. The van der Waals surface area contributed by atoms with Crippen molar-refractivity contribution in [3.63, 3.8) is 0 Å². The Morgan fingerprint density at radius 1 is 1.03 bits per heavy atom. The van der Waals surface area contributed by atoms with E-state index in [-0.39, 0.29) is 30.4 Å². The molecule has 2 heterocycles. The standard InChI is InChI=1S/C25H25F3N4O2/c26-16-12-17(27)14-19(13-16)32-24(34)30-23(29-18-6-2-1-3-7-18)25(32)10-11-31(15-25)22(33)20-8-4-5-9-21(20)28/h4-5,8-9,12-14,18H,1-3,6-7,10-11,15H2,(H,29,30,34). The number of hydrogen-bond donors (Lipinski definition) is 1. The predicted octanol–water partition coefficient (Wildman–Crippen LogP) is 4.65. The largest absolute Gasteiger partial charge is 0.336 e. The molecule has 3 fully saturated rings. The smallest absolute Gasteiger partial charge is 0.328 e. The van der Waals surface area contributed by atoms with Crippen LogP contribution in [0.15, 0.2) is 47.5 Å². The van der Waals surface area contributed by atoms with Crippen molar-refractivity contribution in [2.45, 2.75) is 50.1 Å². The molecular weight excluding hydrogens is 445 g/mol. The highest BCUT2D eigenvalue weighted by atomic mass is 19.1. The highest BCUT2D eigenvalue weighted by Gasteiger charge is 2.56. The van der Waals surface area contributed by atoms with Gasteiger partial charge in [-0.2, -0.15) is 0 Å². The summed E-state index contributed by atoms with van der Waals surface area (Å²) >= 11 is 0. The summed E-state index contributed by atoms with van der Waals surface area (Å²) in [4.78, 5) is 33.9. The lowest BCUT2D eigenvalue weighted by atomic mass is 9.93. The van der Waals surface area contributed by atoms with Crippen LogP contribution in [0.4, 0.5) is 23.7 Å². The van der Waals surface area contributed by atoms with Gasteiger partial charge in [-0.1, -0.05) is 31.4 Å². The number of amides is 3. The van der Waals surface area contributed by atoms with Crippen LogP contribution in [0.3, 0.4) is 0 Å². The van der Waals surface area contributed by atoms with Crippen molar-refractivity contribution in [1.29, 1.82) is 0 Å². The molecule has 1 spiro atoms. The fourth-order valence-corrected chi connectivity index (χ4v) is 5.30. The molecule has 2 aromatic carbocycles. The third-order valence-corrected chi connectivity index (χ3v) is 6.93. The van der Waals surface area contributed by atoms with E-state index in [1.54, 1.807) is 6.07 Å². The zero-order chi connectivity index (χ0) is 23.9. The van der Waals surface area contributed by atoms with Crippen LogP contribution >= 0.6 is 0 Å². The Kier molecular flexibility index (Phi) is 5.79. The number of carbonyl (C=O) groups excluding carboxylic acids is 2. The first kappa shape index (κ1) is 22.4. The minimum Gasteiger partial charge on any atom is -0.336 e. The number of carbonyl (C=O) groups is 2. The highest BCUT2D eigenvalue weighted by molar-refractivity contribution is 6.19. The van der Waals surface area contributed by atoms with E-state index in [4.69, 9.17) is 4.99 Å². The highest BCUT2D eigenvalue weighted by Crippen LogP contribution is 2.39. The summed E-state index contributed by atoms with van der Waals surface area (Å²) < 4.78 is 42.5. The lowest BCUT2D eigenvalue weighted by Gasteiger charge is -2.34. The molecule has 1 N–H and O–H groups in total. The molecule has 1 unspecified atom stereocenters. The second-order valence-corrected chi connectivity index (χ2v) is 9.15. The van der Waals surface area contributed by atoms with Crippen molar-refractivity contribution in [2.75, 3.05) is 18.0 Å². The van der Waals surface area contributed by atoms with Gasteiger partial charge in [0.05, 0.1) is 23.8 Å². The fourth-order valence-electron chi connectivity index (χ4n) is 5.30. The monoisotopic (exact) mass is 470 g/mol. The number of hydrogen-bond acceptors (Lipinski definition) is 3. The van der Waals surface area contributed by atoms with E-state index in [1.165, 1.54) is 28.0 Å². The Hall–Kier alpha value is -3.36. The van der Waals surface area contributed by atoms with Gasteiger partial charge in [-0.3, -0.25) is 20.0 Å². The van der Waals surface area contributed by atoms with Crippen molar-refractivity contribution < 1.29 is 22.8 Å². The van der Waals surface area contributed by atoms with Gasteiger partial charge in [0.1, 0.15) is 28.8 Å². The maximum atomic E-state index is 14.3. The maximum absolute atomic E-state index is 14.3. The minimum absolute atomic E-state index is 0.0291. The molecule has 9 heteroatoms. The molecule has 2 aromatic rings. The molecule has 2 aliphatic heterocycles. The van der Waals surface area contributed by atoms with E-state index >= 15 is 0 Å². The summed E-state index contributed by atoms with van der Waals surface area (Å²) in [7, 11) is 0. The van der Waals surface area contributed by atoms with E-state index in [1.807, 2.05) is 0 Å². The van der Waals surface area contributed by atoms with Crippen LogP contribution in [0, 0.1) is 17.5 Å². The van der Waals surface area contributed by atoms with Crippen LogP contribution in [-0.4, -0.2) is 47.3 Å². The summed E-state index contributed by atoms with van der Waals surface area (Å²) in [6, 6.07) is 8.12. The summed E-state index contributed by atoms with van der Waals surface area (Å²) in [5.74, 6) is -2.36. The van der Waals surface area contributed by atoms with Gasteiger partial charge in [0, 0.05) is 12.6 Å². The van der Waals surface area contributed by atoms with Crippen molar-refractivity contribution >= 4 is 23.5 Å². The topological polar surface area (TPSA) is 65.0 Å². The molecule has 1 saturated carbocycles. The third kappa shape index (κ3) is 3.93. The van der Waals surface area contributed by atoms with Crippen molar-refractivity contribution in [3.05, 3.63) is 65.5 Å². The number of nitrogens with zero attached hydrogens (tertiary/aromatic N) is 3. The predicted molar refractivity (Wildman–Crippen MR) is 121 cm³/mol. The first-order chi connectivity index (χ1) is 16.4. The van der Waals surface area contributed by atoms with Crippen LogP contribution in [0.25, 0.3) is 0 Å². The Morgan fingerprint density at radius 3 is 2.44 bits per heavy atom. The van der Waals surface area contributed by atoms with Gasteiger partial charge in [0.15, 0.2) is 0 Å². The molecule has 1 atom stereocenters. The molecule has 178 valence electrons. The number of likely N-dealkylation sites (tertiary alicyclic amines) is 1. The number of amidine groups is 1. The molecule has 34 heavy (non-hydrogen) atoms. The van der Waals surface area contributed by atoms with Crippen LogP contribution < -0.4 is 10.2 Å². The average molecular weight is 470 g/mol. The molecule has 1 aliphatic carbocycles. The van der Waals surface area contributed by atoms with E-state index in [2.05, 4.69) is 5.32 Å².